The zero-order valence-corrected chi connectivity index (χ0v) is 9.17. The molecule has 0 atom stereocenters. The number of carbonyl (C=O) groups excluding carboxylic acids is 1. The first-order valence-electron chi connectivity index (χ1n) is 3.95. The van der Waals surface area contributed by atoms with Crippen LogP contribution in [0.5, 0.6) is 0 Å². The third kappa shape index (κ3) is 2.38. The number of ether oxygens (including phenoxy) is 1. The summed E-state index contributed by atoms with van der Waals surface area (Å²) in [4.78, 5) is 11.5. The lowest BCUT2D eigenvalue weighted by molar-refractivity contribution is 0.0773. The third-order valence-corrected chi connectivity index (χ3v) is 2.18. The summed E-state index contributed by atoms with van der Waals surface area (Å²) in [6, 6.07) is 0. The van der Waals surface area contributed by atoms with Gasteiger partial charge in [-0.05, 0) is 22.9 Å². The number of aryl methyl sites for hydroxylation is 1. The van der Waals surface area contributed by atoms with E-state index in [4.69, 9.17) is 4.74 Å². The topological polar surface area (TPSA) is 44.1 Å². The van der Waals surface area contributed by atoms with Crippen LogP contribution in [0.25, 0.3) is 0 Å². The van der Waals surface area contributed by atoms with Gasteiger partial charge >= 0.3 is 0 Å². The lowest BCUT2D eigenvalue weighted by Gasteiger charge is -2.01. The molecule has 5 heteroatoms. The average molecular weight is 247 g/mol. The second-order valence-electron chi connectivity index (χ2n) is 2.53. The summed E-state index contributed by atoms with van der Waals surface area (Å²) in [5.41, 5.74) is 0.549. The fourth-order valence-corrected chi connectivity index (χ4v) is 1.56. The van der Waals surface area contributed by atoms with Crippen molar-refractivity contribution in [2.24, 2.45) is 7.05 Å². The van der Waals surface area contributed by atoms with Crippen LogP contribution in [0.2, 0.25) is 0 Å². The highest BCUT2D eigenvalue weighted by molar-refractivity contribution is 9.10. The Labute approximate surface area is 85.0 Å². The van der Waals surface area contributed by atoms with Gasteiger partial charge in [0.2, 0.25) is 5.78 Å². The molecular weight excluding hydrogens is 236 g/mol. The van der Waals surface area contributed by atoms with Gasteiger partial charge in [0.15, 0.2) is 0 Å². The van der Waals surface area contributed by atoms with E-state index in [1.165, 1.54) is 4.68 Å². The second-order valence-corrected chi connectivity index (χ2v) is 3.38. The van der Waals surface area contributed by atoms with Crippen molar-refractivity contribution in [2.75, 3.05) is 13.2 Å². The van der Waals surface area contributed by atoms with Crippen molar-refractivity contribution in [1.82, 2.24) is 9.78 Å². The molecule has 1 heterocycles. The Hall–Kier alpha value is -0.680. The molecule has 72 valence electrons. The van der Waals surface area contributed by atoms with Crippen molar-refractivity contribution >= 4 is 21.7 Å². The molecule has 0 unspecified atom stereocenters. The van der Waals surface area contributed by atoms with Crippen LogP contribution >= 0.6 is 15.9 Å². The van der Waals surface area contributed by atoms with E-state index in [2.05, 4.69) is 21.0 Å². The number of carbonyl (C=O) groups is 1. The fraction of sp³-hybridized carbons (Fsp3) is 0.500. The van der Waals surface area contributed by atoms with E-state index >= 15 is 0 Å². The molecule has 13 heavy (non-hydrogen) atoms. The van der Waals surface area contributed by atoms with Crippen molar-refractivity contribution < 1.29 is 9.53 Å². The minimum absolute atomic E-state index is 0.0614. The number of ketones is 1. The van der Waals surface area contributed by atoms with E-state index in [9.17, 15) is 4.79 Å². The van der Waals surface area contributed by atoms with E-state index in [0.717, 1.165) is 0 Å². The molecule has 0 radical (unpaired) electrons. The average Bonchev–Trinajstić information content (AvgIpc) is 2.42. The van der Waals surface area contributed by atoms with E-state index in [1.807, 2.05) is 6.92 Å². The zero-order chi connectivity index (χ0) is 9.84. The normalized spacial score (nSPS) is 10.4. The van der Waals surface area contributed by atoms with Gasteiger partial charge in [-0.15, -0.1) is 0 Å². The molecule has 0 spiro atoms. The van der Waals surface area contributed by atoms with Crippen LogP contribution in [0.15, 0.2) is 10.7 Å². The highest BCUT2D eigenvalue weighted by atomic mass is 79.9. The van der Waals surface area contributed by atoms with Gasteiger partial charge in [0, 0.05) is 13.7 Å². The minimum atomic E-state index is -0.0614. The summed E-state index contributed by atoms with van der Waals surface area (Å²) in [5.74, 6) is -0.0614. The molecular formula is C8H11BrN2O2. The van der Waals surface area contributed by atoms with Gasteiger partial charge in [-0.3, -0.25) is 9.48 Å². The molecule has 0 fully saturated rings. The first-order chi connectivity index (χ1) is 6.16. The predicted molar refractivity (Wildman–Crippen MR) is 51.7 cm³/mol. The zero-order valence-electron chi connectivity index (χ0n) is 7.58. The number of rotatable bonds is 4. The largest absolute Gasteiger partial charge is 0.374 e. The van der Waals surface area contributed by atoms with Gasteiger partial charge in [-0.25, -0.2) is 0 Å². The lowest BCUT2D eigenvalue weighted by Crippen LogP contribution is -2.13. The molecule has 0 N–H and O–H groups in total. The van der Waals surface area contributed by atoms with Crippen molar-refractivity contribution in [1.29, 1.82) is 0 Å². The maximum atomic E-state index is 11.5. The van der Waals surface area contributed by atoms with Crippen LogP contribution in [0.3, 0.4) is 0 Å². The molecule has 0 amide bonds. The summed E-state index contributed by atoms with van der Waals surface area (Å²) in [7, 11) is 1.73. The molecule has 1 rings (SSSR count). The van der Waals surface area contributed by atoms with Crippen molar-refractivity contribution in [3.63, 3.8) is 0 Å². The summed E-state index contributed by atoms with van der Waals surface area (Å²) in [6.07, 6.45) is 1.60. The van der Waals surface area contributed by atoms with Gasteiger partial charge in [0.25, 0.3) is 0 Å². The minimum Gasteiger partial charge on any atom is -0.374 e. The molecule has 0 aliphatic heterocycles. The summed E-state index contributed by atoms with van der Waals surface area (Å²) >= 11 is 3.25. The fourth-order valence-electron chi connectivity index (χ4n) is 0.988. The molecule has 0 aromatic carbocycles. The van der Waals surface area contributed by atoms with Gasteiger partial charge in [-0.2, -0.15) is 5.10 Å². The van der Waals surface area contributed by atoms with Crippen LogP contribution in [-0.2, 0) is 11.8 Å². The van der Waals surface area contributed by atoms with E-state index in [1.54, 1.807) is 13.2 Å². The quantitative estimate of drug-likeness (QED) is 0.755. The Balaban J connectivity index is 2.76. The Kier molecular flexibility index (Phi) is 3.62. The Morgan fingerprint density at radius 2 is 2.46 bits per heavy atom. The lowest BCUT2D eigenvalue weighted by atomic mass is 10.3. The first kappa shape index (κ1) is 10.4. The van der Waals surface area contributed by atoms with Gasteiger partial charge in [0.05, 0.1) is 10.7 Å². The van der Waals surface area contributed by atoms with E-state index < -0.39 is 0 Å². The summed E-state index contributed by atoms with van der Waals surface area (Å²) in [6.45, 7) is 2.50. The highest BCUT2D eigenvalue weighted by Crippen LogP contribution is 2.15. The van der Waals surface area contributed by atoms with E-state index in [-0.39, 0.29) is 12.4 Å². The van der Waals surface area contributed by atoms with E-state index in [0.29, 0.717) is 16.8 Å². The number of aromatic nitrogens is 2. The van der Waals surface area contributed by atoms with Crippen molar-refractivity contribution in [3.05, 3.63) is 16.4 Å². The molecule has 1 aromatic heterocycles. The van der Waals surface area contributed by atoms with Gasteiger partial charge in [-0.1, -0.05) is 0 Å². The van der Waals surface area contributed by atoms with Gasteiger partial charge in [0.1, 0.15) is 12.3 Å². The number of nitrogens with zero attached hydrogens (tertiary/aromatic N) is 2. The molecule has 0 bridgehead atoms. The Bertz CT molecular complexity index is 290. The predicted octanol–water partition coefficient (Wildman–Crippen LogP) is 1.40. The van der Waals surface area contributed by atoms with Crippen LogP contribution in [0.1, 0.15) is 17.4 Å². The SMILES string of the molecule is CCOCC(=O)c1c(Br)cnn1C. The number of halogens is 1. The maximum absolute atomic E-state index is 11.5. The Morgan fingerprint density at radius 1 is 1.77 bits per heavy atom. The van der Waals surface area contributed by atoms with Crippen LogP contribution in [0, 0.1) is 0 Å². The standard InChI is InChI=1S/C8H11BrN2O2/c1-3-13-5-7(12)8-6(9)4-10-11(8)2/h4H,3,5H2,1-2H3. The molecule has 4 nitrogen and oxygen atoms in total. The van der Waals surface area contributed by atoms with Gasteiger partial charge < -0.3 is 4.74 Å². The monoisotopic (exact) mass is 246 g/mol. The third-order valence-electron chi connectivity index (χ3n) is 1.60. The smallest absolute Gasteiger partial charge is 0.207 e. The summed E-state index contributed by atoms with van der Waals surface area (Å²) in [5, 5.41) is 3.94. The van der Waals surface area contributed by atoms with Crippen LogP contribution in [-0.4, -0.2) is 28.8 Å². The van der Waals surface area contributed by atoms with Crippen molar-refractivity contribution in [3.8, 4) is 0 Å². The second kappa shape index (κ2) is 4.53. The molecule has 0 saturated carbocycles. The highest BCUT2D eigenvalue weighted by Gasteiger charge is 2.14. The molecule has 0 aliphatic rings. The maximum Gasteiger partial charge on any atom is 0.207 e. The molecule has 0 saturated heterocycles. The summed E-state index contributed by atoms with van der Waals surface area (Å²) < 4.78 is 7.26. The number of Topliss-reactive ketones (excluding diaryl/α,β-unsaturated/α-hetero) is 1. The Morgan fingerprint density at radius 3 is 2.92 bits per heavy atom. The first-order valence-corrected chi connectivity index (χ1v) is 4.74. The number of hydrogen-bond donors (Lipinski definition) is 0. The van der Waals surface area contributed by atoms with Crippen LogP contribution < -0.4 is 0 Å². The number of hydrogen-bond acceptors (Lipinski definition) is 3. The molecule has 1 aromatic rings. The van der Waals surface area contributed by atoms with Crippen LogP contribution in [0.4, 0.5) is 0 Å². The van der Waals surface area contributed by atoms with Crippen molar-refractivity contribution in [2.45, 2.75) is 6.92 Å². The molecule has 0 aliphatic carbocycles.